The van der Waals surface area contributed by atoms with E-state index in [0.29, 0.717) is 24.8 Å². The van der Waals surface area contributed by atoms with E-state index in [4.69, 9.17) is 5.11 Å². The maximum atomic E-state index is 13.1. The summed E-state index contributed by atoms with van der Waals surface area (Å²) >= 11 is 0. The SMILES string of the molecule is C[C@@H](NC(=O)[C@@H]1CC[C@H](C(=O)O)C1)c1cccc(F)c1. The van der Waals surface area contributed by atoms with Crippen LogP contribution in [0.4, 0.5) is 4.39 Å². The molecule has 1 aromatic carbocycles. The third-order valence-electron chi connectivity index (χ3n) is 3.86. The first-order chi connectivity index (χ1) is 9.47. The van der Waals surface area contributed by atoms with Gasteiger partial charge in [0.15, 0.2) is 0 Å². The lowest BCUT2D eigenvalue weighted by atomic mass is 10.0. The van der Waals surface area contributed by atoms with Crippen molar-refractivity contribution >= 4 is 11.9 Å². The number of carbonyl (C=O) groups excluding carboxylic acids is 1. The summed E-state index contributed by atoms with van der Waals surface area (Å²) in [6.07, 6.45) is 1.53. The lowest BCUT2D eigenvalue weighted by Crippen LogP contribution is -2.32. The topological polar surface area (TPSA) is 66.4 Å². The van der Waals surface area contributed by atoms with E-state index in [1.165, 1.54) is 12.1 Å². The number of hydrogen-bond donors (Lipinski definition) is 2. The van der Waals surface area contributed by atoms with Gasteiger partial charge < -0.3 is 10.4 Å². The van der Waals surface area contributed by atoms with Crippen LogP contribution in [0.25, 0.3) is 0 Å². The highest BCUT2D eigenvalue weighted by Crippen LogP contribution is 2.31. The van der Waals surface area contributed by atoms with Gasteiger partial charge in [-0.15, -0.1) is 0 Å². The molecule has 4 nitrogen and oxygen atoms in total. The van der Waals surface area contributed by atoms with E-state index in [9.17, 15) is 14.0 Å². The van der Waals surface area contributed by atoms with Crippen molar-refractivity contribution < 1.29 is 19.1 Å². The molecule has 0 bridgehead atoms. The zero-order chi connectivity index (χ0) is 14.7. The van der Waals surface area contributed by atoms with Crippen molar-refractivity contribution in [2.24, 2.45) is 11.8 Å². The van der Waals surface area contributed by atoms with Crippen molar-refractivity contribution in [3.05, 3.63) is 35.6 Å². The minimum Gasteiger partial charge on any atom is -0.481 e. The molecule has 1 amide bonds. The Labute approximate surface area is 117 Å². The number of carboxylic acid groups (broad SMARTS) is 1. The van der Waals surface area contributed by atoms with Gasteiger partial charge in [-0.25, -0.2) is 4.39 Å². The van der Waals surface area contributed by atoms with Crippen molar-refractivity contribution in [1.29, 1.82) is 0 Å². The van der Waals surface area contributed by atoms with Crippen molar-refractivity contribution in [2.45, 2.75) is 32.2 Å². The number of amides is 1. The van der Waals surface area contributed by atoms with Crippen LogP contribution in [0.3, 0.4) is 0 Å². The predicted octanol–water partition coefficient (Wildman–Crippen LogP) is 2.50. The van der Waals surface area contributed by atoms with Gasteiger partial charge in [0.2, 0.25) is 5.91 Å². The number of aliphatic carboxylic acids is 1. The van der Waals surface area contributed by atoms with Gasteiger partial charge in [0.1, 0.15) is 5.82 Å². The Morgan fingerprint density at radius 3 is 2.65 bits per heavy atom. The second-order valence-electron chi connectivity index (χ2n) is 5.33. The average molecular weight is 279 g/mol. The highest BCUT2D eigenvalue weighted by molar-refractivity contribution is 5.81. The lowest BCUT2D eigenvalue weighted by Gasteiger charge is -2.17. The molecule has 0 unspecified atom stereocenters. The fourth-order valence-electron chi connectivity index (χ4n) is 2.63. The minimum absolute atomic E-state index is 0.148. The van der Waals surface area contributed by atoms with Gasteiger partial charge in [-0.1, -0.05) is 12.1 Å². The highest BCUT2D eigenvalue weighted by Gasteiger charge is 2.34. The van der Waals surface area contributed by atoms with Crippen LogP contribution in [0.5, 0.6) is 0 Å². The average Bonchev–Trinajstić information content (AvgIpc) is 2.88. The molecule has 1 aliphatic carbocycles. The first-order valence-corrected chi connectivity index (χ1v) is 6.76. The maximum Gasteiger partial charge on any atom is 0.306 e. The van der Waals surface area contributed by atoms with Crippen LogP contribution in [0, 0.1) is 17.7 Å². The van der Waals surface area contributed by atoms with Crippen LogP contribution in [-0.2, 0) is 9.59 Å². The number of halogens is 1. The summed E-state index contributed by atoms with van der Waals surface area (Å²) in [6.45, 7) is 1.79. The molecular weight excluding hydrogens is 261 g/mol. The molecule has 2 N–H and O–H groups in total. The van der Waals surface area contributed by atoms with Crippen LogP contribution >= 0.6 is 0 Å². The standard InChI is InChI=1S/C15H18FNO3/c1-9(10-3-2-4-13(16)8-10)17-14(18)11-5-6-12(7-11)15(19)20/h2-4,8-9,11-12H,5-7H2,1H3,(H,17,18)(H,19,20)/t9-,11-,12+/m1/s1. The summed E-state index contributed by atoms with van der Waals surface area (Å²) in [6, 6.07) is 5.81. The van der Waals surface area contributed by atoms with E-state index in [0.717, 1.165) is 0 Å². The Hall–Kier alpha value is -1.91. The van der Waals surface area contributed by atoms with E-state index >= 15 is 0 Å². The van der Waals surface area contributed by atoms with Gasteiger partial charge in [0.05, 0.1) is 12.0 Å². The van der Waals surface area contributed by atoms with Crippen LogP contribution < -0.4 is 5.32 Å². The minimum atomic E-state index is -0.835. The summed E-state index contributed by atoms with van der Waals surface area (Å²) in [7, 11) is 0. The molecule has 0 radical (unpaired) electrons. The van der Waals surface area contributed by atoms with Gasteiger partial charge >= 0.3 is 5.97 Å². The molecule has 0 heterocycles. The quantitative estimate of drug-likeness (QED) is 0.890. The molecule has 2 rings (SSSR count). The summed E-state index contributed by atoms with van der Waals surface area (Å²) in [5, 5.41) is 11.8. The molecule has 20 heavy (non-hydrogen) atoms. The largest absolute Gasteiger partial charge is 0.481 e. The van der Waals surface area contributed by atoms with Crippen LogP contribution in [-0.4, -0.2) is 17.0 Å². The Kier molecular flexibility index (Phi) is 4.37. The highest BCUT2D eigenvalue weighted by atomic mass is 19.1. The molecule has 0 spiro atoms. The molecule has 1 fully saturated rings. The summed E-state index contributed by atoms with van der Waals surface area (Å²) in [5.41, 5.74) is 0.700. The molecule has 1 aliphatic rings. The molecule has 108 valence electrons. The normalized spacial score (nSPS) is 23.3. The van der Waals surface area contributed by atoms with Crippen LogP contribution in [0.1, 0.15) is 37.8 Å². The monoisotopic (exact) mass is 279 g/mol. The summed E-state index contributed by atoms with van der Waals surface area (Å²) in [4.78, 5) is 23.0. The van der Waals surface area contributed by atoms with Gasteiger partial charge in [-0.05, 0) is 43.9 Å². The van der Waals surface area contributed by atoms with E-state index in [1.54, 1.807) is 19.1 Å². The van der Waals surface area contributed by atoms with Gasteiger partial charge in [-0.3, -0.25) is 9.59 Å². The van der Waals surface area contributed by atoms with Gasteiger partial charge in [-0.2, -0.15) is 0 Å². The molecule has 3 atom stereocenters. The second kappa shape index (κ2) is 6.03. The van der Waals surface area contributed by atoms with Crippen molar-refractivity contribution in [1.82, 2.24) is 5.32 Å². The summed E-state index contributed by atoms with van der Waals surface area (Å²) in [5.74, 6) is -2.00. The number of rotatable bonds is 4. The first-order valence-electron chi connectivity index (χ1n) is 6.76. The Morgan fingerprint density at radius 2 is 2.05 bits per heavy atom. The molecule has 1 aromatic rings. The Morgan fingerprint density at radius 1 is 1.35 bits per heavy atom. The van der Waals surface area contributed by atoms with Crippen molar-refractivity contribution in [3.63, 3.8) is 0 Å². The van der Waals surface area contributed by atoms with E-state index < -0.39 is 11.9 Å². The van der Waals surface area contributed by atoms with Gasteiger partial charge in [0.25, 0.3) is 0 Å². The maximum absolute atomic E-state index is 13.1. The lowest BCUT2D eigenvalue weighted by molar-refractivity contribution is -0.141. The van der Waals surface area contributed by atoms with E-state index in [2.05, 4.69) is 5.32 Å². The zero-order valence-electron chi connectivity index (χ0n) is 11.3. The zero-order valence-corrected chi connectivity index (χ0v) is 11.3. The second-order valence-corrected chi connectivity index (χ2v) is 5.33. The molecule has 0 aliphatic heterocycles. The van der Waals surface area contributed by atoms with Crippen LogP contribution in [0.2, 0.25) is 0 Å². The Balaban J connectivity index is 1.93. The number of hydrogen-bond acceptors (Lipinski definition) is 2. The molecule has 5 heteroatoms. The Bertz CT molecular complexity index is 518. The molecule has 1 saturated carbocycles. The number of carboxylic acids is 1. The predicted molar refractivity (Wildman–Crippen MR) is 71.4 cm³/mol. The van der Waals surface area contributed by atoms with Crippen molar-refractivity contribution in [2.75, 3.05) is 0 Å². The van der Waals surface area contributed by atoms with E-state index in [-0.39, 0.29) is 23.7 Å². The molecule has 0 aromatic heterocycles. The smallest absolute Gasteiger partial charge is 0.306 e. The van der Waals surface area contributed by atoms with Gasteiger partial charge in [0, 0.05) is 5.92 Å². The van der Waals surface area contributed by atoms with Crippen LogP contribution in [0.15, 0.2) is 24.3 Å². The fraction of sp³-hybridized carbons (Fsp3) is 0.467. The third kappa shape index (κ3) is 3.35. The number of carbonyl (C=O) groups is 2. The molecular formula is C15H18FNO3. The fourth-order valence-corrected chi connectivity index (χ4v) is 2.63. The number of nitrogens with one attached hydrogen (secondary N) is 1. The van der Waals surface area contributed by atoms with E-state index in [1.807, 2.05) is 0 Å². The third-order valence-corrected chi connectivity index (χ3v) is 3.86. The first kappa shape index (κ1) is 14.5. The van der Waals surface area contributed by atoms with Crippen molar-refractivity contribution in [3.8, 4) is 0 Å². The summed E-state index contributed by atoms with van der Waals surface area (Å²) < 4.78 is 13.1. The number of benzene rings is 1. The molecule has 0 saturated heterocycles.